The molecule has 1 aromatic rings. The highest BCUT2D eigenvalue weighted by Gasteiger charge is 2.39. The summed E-state index contributed by atoms with van der Waals surface area (Å²) in [5.74, 6) is 0.194. The third-order valence-electron chi connectivity index (χ3n) is 6.03. The van der Waals surface area contributed by atoms with Crippen molar-refractivity contribution in [3.8, 4) is 11.5 Å². The van der Waals surface area contributed by atoms with Crippen LogP contribution in [0.25, 0.3) is 0 Å². The largest absolute Gasteiger partial charge is 0.487 e. The van der Waals surface area contributed by atoms with E-state index in [0.717, 1.165) is 0 Å². The van der Waals surface area contributed by atoms with Gasteiger partial charge in [0.2, 0.25) is 6.10 Å². The van der Waals surface area contributed by atoms with Gasteiger partial charge in [-0.2, -0.15) is 0 Å². The van der Waals surface area contributed by atoms with Crippen molar-refractivity contribution in [2.45, 2.75) is 77.2 Å². The van der Waals surface area contributed by atoms with E-state index in [1.165, 1.54) is 4.90 Å². The molecule has 2 N–H and O–H groups in total. The van der Waals surface area contributed by atoms with Gasteiger partial charge in [-0.3, -0.25) is 9.59 Å². The highest BCUT2D eigenvalue weighted by molar-refractivity contribution is 5.99. The number of aliphatic hydroxyl groups is 1. The number of rotatable bonds is 4. The van der Waals surface area contributed by atoms with Crippen molar-refractivity contribution in [3.05, 3.63) is 18.2 Å². The van der Waals surface area contributed by atoms with Gasteiger partial charge in [0.1, 0.15) is 18.1 Å². The summed E-state index contributed by atoms with van der Waals surface area (Å²) in [4.78, 5) is 41.3. The van der Waals surface area contributed by atoms with Crippen LogP contribution in [0, 0.1) is 0 Å². The fourth-order valence-electron chi connectivity index (χ4n) is 3.98. The molecule has 35 heavy (non-hydrogen) atoms. The van der Waals surface area contributed by atoms with Crippen LogP contribution in [0.4, 0.5) is 10.5 Å². The second-order valence-corrected chi connectivity index (χ2v) is 11.0. The maximum Gasteiger partial charge on any atom is 0.408 e. The molecular weight excluding hydrogens is 454 g/mol. The number of likely N-dealkylation sites (tertiary alicyclic amines) is 1. The second-order valence-electron chi connectivity index (χ2n) is 11.0. The third-order valence-corrected chi connectivity index (χ3v) is 6.03. The van der Waals surface area contributed by atoms with Gasteiger partial charge in [0.15, 0.2) is 5.60 Å². The molecule has 0 saturated carbocycles. The van der Waals surface area contributed by atoms with Gasteiger partial charge in [-0.1, -0.05) is 0 Å². The van der Waals surface area contributed by atoms with Gasteiger partial charge in [-0.05, 0) is 66.5 Å². The Kier molecular flexibility index (Phi) is 7.26. The van der Waals surface area contributed by atoms with Gasteiger partial charge in [-0.15, -0.1) is 0 Å². The van der Waals surface area contributed by atoms with Gasteiger partial charge in [0.05, 0.1) is 11.3 Å². The molecule has 1 aromatic carbocycles. The van der Waals surface area contributed by atoms with E-state index < -0.39 is 34.8 Å². The zero-order chi connectivity index (χ0) is 26.2. The first-order valence-electron chi connectivity index (χ1n) is 11.8. The number of hydrogen-bond donors (Lipinski definition) is 2. The number of nitrogens with one attached hydrogen (secondary N) is 1. The SMILES string of the molecule is CN1C(=O)[C@@H](OC(=O)NC(C)(C)C)COc2ccc(OC(C)(C)C(=O)N3CCC(C)(O)CC3)cc21. The van der Waals surface area contributed by atoms with Crippen molar-refractivity contribution in [2.75, 3.05) is 31.6 Å². The number of ether oxygens (including phenoxy) is 3. The molecule has 0 bridgehead atoms. The molecule has 194 valence electrons. The molecule has 10 heteroatoms. The molecular formula is C25H37N3O7. The Labute approximate surface area is 206 Å². The van der Waals surface area contributed by atoms with Crippen LogP contribution in [0.5, 0.6) is 11.5 Å². The number of carbonyl (C=O) groups is 3. The fraction of sp³-hybridized carbons (Fsp3) is 0.640. The van der Waals surface area contributed by atoms with E-state index in [4.69, 9.17) is 14.2 Å². The van der Waals surface area contributed by atoms with E-state index in [1.807, 2.05) is 20.8 Å². The first-order chi connectivity index (χ1) is 16.1. The first kappa shape index (κ1) is 26.6. The lowest BCUT2D eigenvalue weighted by Gasteiger charge is -2.39. The predicted molar refractivity (Wildman–Crippen MR) is 130 cm³/mol. The number of anilines is 1. The Morgan fingerprint density at radius 1 is 1.17 bits per heavy atom. The zero-order valence-corrected chi connectivity index (χ0v) is 21.6. The Morgan fingerprint density at radius 2 is 1.80 bits per heavy atom. The first-order valence-corrected chi connectivity index (χ1v) is 11.8. The summed E-state index contributed by atoms with van der Waals surface area (Å²) in [5, 5.41) is 12.8. The molecule has 1 saturated heterocycles. The smallest absolute Gasteiger partial charge is 0.408 e. The van der Waals surface area contributed by atoms with Crippen LogP contribution in [-0.2, 0) is 14.3 Å². The van der Waals surface area contributed by atoms with Crippen LogP contribution in [0.2, 0.25) is 0 Å². The predicted octanol–water partition coefficient (Wildman–Crippen LogP) is 2.47. The molecule has 0 aliphatic carbocycles. The maximum absolute atomic E-state index is 13.1. The molecule has 2 aliphatic rings. The van der Waals surface area contributed by atoms with Gasteiger partial charge in [0.25, 0.3) is 11.8 Å². The zero-order valence-electron chi connectivity index (χ0n) is 21.6. The summed E-state index contributed by atoms with van der Waals surface area (Å²) < 4.78 is 17.1. The van der Waals surface area contributed by atoms with Crippen molar-refractivity contribution in [3.63, 3.8) is 0 Å². The molecule has 10 nitrogen and oxygen atoms in total. The summed E-state index contributed by atoms with van der Waals surface area (Å²) in [6, 6.07) is 4.95. The van der Waals surface area contributed by atoms with Crippen molar-refractivity contribution < 1.29 is 33.7 Å². The summed E-state index contributed by atoms with van der Waals surface area (Å²) in [7, 11) is 1.56. The number of hydrogen-bond acceptors (Lipinski definition) is 7. The molecule has 2 aliphatic heterocycles. The average Bonchev–Trinajstić information content (AvgIpc) is 2.84. The van der Waals surface area contributed by atoms with Crippen LogP contribution in [0.3, 0.4) is 0 Å². The molecule has 0 aromatic heterocycles. The number of likely N-dealkylation sites (N-methyl/N-ethyl adjacent to an activating group) is 1. The molecule has 1 fully saturated rings. The Morgan fingerprint density at radius 3 is 2.40 bits per heavy atom. The minimum atomic E-state index is -1.16. The number of carbonyl (C=O) groups excluding carboxylic acids is 3. The Bertz CT molecular complexity index is 974. The van der Waals surface area contributed by atoms with E-state index in [1.54, 1.807) is 50.9 Å². The molecule has 0 unspecified atom stereocenters. The van der Waals surface area contributed by atoms with Crippen molar-refractivity contribution >= 4 is 23.6 Å². The lowest BCUT2D eigenvalue weighted by Crippen LogP contribution is -2.53. The lowest BCUT2D eigenvalue weighted by molar-refractivity contribution is -0.149. The standard InChI is InChI=1S/C25H37N3O7/c1-23(2,3)26-22(31)34-19-15-33-18-9-8-16(14-17(18)27(7)20(19)29)35-24(4,5)21(30)28-12-10-25(6,32)11-13-28/h8-9,14,19,32H,10-13,15H2,1-7H3,(H,26,31)/t19-/m0/s1. The van der Waals surface area contributed by atoms with E-state index >= 15 is 0 Å². The van der Waals surface area contributed by atoms with Crippen molar-refractivity contribution in [2.24, 2.45) is 0 Å². The fourth-order valence-corrected chi connectivity index (χ4v) is 3.98. The topological polar surface area (TPSA) is 118 Å². The molecule has 0 radical (unpaired) electrons. The summed E-state index contributed by atoms with van der Waals surface area (Å²) >= 11 is 0. The molecule has 1 atom stereocenters. The number of benzene rings is 1. The van der Waals surface area contributed by atoms with Crippen LogP contribution in [0.15, 0.2) is 18.2 Å². The van der Waals surface area contributed by atoms with Crippen LogP contribution >= 0.6 is 0 Å². The highest BCUT2D eigenvalue weighted by atomic mass is 16.6. The second kappa shape index (κ2) is 9.56. The highest BCUT2D eigenvalue weighted by Crippen LogP contribution is 2.36. The van der Waals surface area contributed by atoms with Gasteiger partial charge >= 0.3 is 6.09 Å². The van der Waals surface area contributed by atoms with Crippen molar-refractivity contribution in [1.82, 2.24) is 10.2 Å². The van der Waals surface area contributed by atoms with E-state index in [0.29, 0.717) is 43.1 Å². The van der Waals surface area contributed by atoms with Gasteiger partial charge < -0.3 is 34.4 Å². The van der Waals surface area contributed by atoms with Crippen LogP contribution < -0.4 is 19.7 Å². The number of fused-ring (bicyclic) bond motifs is 1. The third kappa shape index (κ3) is 6.56. The Balaban J connectivity index is 1.71. The van der Waals surface area contributed by atoms with Crippen LogP contribution in [0.1, 0.15) is 54.4 Å². The monoisotopic (exact) mass is 491 g/mol. The number of alkyl carbamates (subject to hydrolysis) is 1. The molecule has 0 spiro atoms. The minimum absolute atomic E-state index is 0.128. The lowest BCUT2D eigenvalue weighted by atomic mass is 9.92. The number of nitrogens with zero attached hydrogens (tertiary/aromatic N) is 2. The average molecular weight is 492 g/mol. The number of amides is 3. The normalized spacial score (nSPS) is 20.3. The van der Waals surface area contributed by atoms with E-state index in [9.17, 15) is 19.5 Å². The minimum Gasteiger partial charge on any atom is -0.487 e. The molecule has 3 amide bonds. The van der Waals surface area contributed by atoms with E-state index in [-0.39, 0.29) is 12.5 Å². The van der Waals surface area contributed by atoms with E-state index in [2.05, 4.69) is 5.32 Å². The van der Waals surface area contributed by atoms with Gasteiger partial charge in [-0.25, -0.2) is 4.79 Å². The van der Waals surface area contributed by atoms with Gasteiger partial charge in [0, 0.05) is 31.7 Å². The van der Waals surface area contributed by atoms with Crippen molar-refractivity contribution in [1.29, 1.82) is 0 Å². The summed E-state index contributed by atoms with van der Waals surface area (Å²) in [5.41, 5.74) is -2.00. The Hall–Kier alpha value is -3.01. The number of piperidine rings is 1. The molecule has 3 rings (SSSR count). The summed E-state index contributed by atoms with van der Waals surface area (Å²) in [6.07, 6.45) is -0.806. The quantitative estimate of drug-likeness (QED) is 0.664. The maximum atomic E-state index is 13.1. The van der Waals surface area contributed by atoms with Crippen LogP contribution in [-0.4, -0.2) is 77.5 Å². The summed E-state index contributed by atoms with van der Waals surface area (Å²) in [6.45, 7) is 11.4. The molecule has 2 heterocycles.